The minimum absolute atomic E-state index is 0.0535. The lowest BCUT2D eigenvalue weighted by molar-refractivity contribution is -0.139. The van der Waals surface area contributed by atoms with Crippen LogP contribution in [0, 0.1) is 0 Å². The van der Waals surface area contributed by atoms with Gasteiger partial charge in [0.25, 0.3) is 0 Å². The van der Waals surface area contributed by atoms with Crippen LogP contribution in [-0.4, -0.2) is 48.2 Å². The van der Waals surface area contributed by atoms with Crippen LogP contribution in [0.15, 0.2) is 0 Å². The Morgan fingerprint density at radius 1 is 1.39 bits per heavy atom. The monoisotopic (exact) mass is 252 g/mol. The van der Waals surface area contributed by atoms with Gasteiger partial charge in [0.1, 0.15) is 0 Å². The molecule has 4 heteroatoms. The minimum atomic E-state index is 0.0535. The first-order valence-corrected chi connectivity index (χ1v) is 7.49. The summed E-state index contributed by atoms with van der Waals surface area (Å²) in [7, 11) is 0. The van der Waals surface area contributed by atoms with Gasteiger partial charge in [-0.25, -0.2) is 0 Å². The molecule has 3 aliphatic rings. The molecule has 4 unspecified atom stereocenters. The molecule has 4 nitrogen and oxygen atoms in total. The molecule has 3 aliphatic heterocycles. The van der Waals surface area contributed by atoms with Crippen molar-refractivity contribution < 1.29 is 9.53 Å². The van der Waals surface area contributed by atoms with Crippen molar-refractivity contribution in [2.75, 3.05) is 13.1 Å². The normalized spacial score (nSPS) is 39.6. The van der Waals surface area contributed by atoms with Gasteiger partial charge in [-0.1, -0.05) is 6.92 Å². The number of rotatable bonds is 4. The van der Waals surface area contributed by atoms with E-state index in [9.17, 15) is 4.79 Å². The zero-order valence-corrected chi connectivity index (χ0v) is 11.2. The van der Waals surface area contributed by atoms with Crippen molar-refractivity contribution in [1.29, 1.82) is 0 Å². The average molecular weight is 252 g/mol. The summed E-state index contributed by atoms with van der Waals surface area (Å²) in [5.41, 5.74) is 0. The number of likely N-dealkylation sites (tertiary alicyclic amines) is 1. The molecule has 3 saturated heterocycles. The molecule has 0 saturated carbocycles. The van der Waals surface area contributed by atoms with Crippen molar-refractivity contribution in [3.8, 4) is 0 Å². The fourth-order valence-corrected chi connectivity index (χ4v) is 3.68. The van der Waals surface area contributed by atoms with E-state index in [2.05, 4.69) is 17.1 Å². The van der Waals surface area contributed by atoms with Gasteiger partial charge < -0.3 is 15.0 Å². The maximum atomic E-state index is 12.5. The molecule has 0 radical (unpaired) electrons. The molecule has 1 N–H and O–H groups in total. The van der Waals surface area contributed by atoms with Crippen molar-refractivity contribution in [3.63, 3.8) is 0 Å². The average Bonchev–Trinajstić information content (AvgIpc) is 3.00. The Balaban J connectivity index is 1.63. The molecular formula is C14H24N2O2. The fraction of sp³-hybridized carbons (Fsp3) is 0.929. The third-order valence-corrected chi connectivity index (χ3v) is 4.59. The summed E-state index contributed by atoms with van der Waals surface area (Å²) in [4.78, 5) is 14.6. The van der Waals surface area contributed by atoms with Gasteiger partial charge >= 0.3 is 0 Å². The minimum Gasteiger partial charge on any atom is -0.373 e. The largest absolute Gasteiger partial charge is 0.373 e. The number of ether oxygens (including phenoxy) is 1. The number of carbonyl (C=O) groups is 1. The van der Waals surface area contributed by atoms with Crippen molar-refractivity contribution in [3.05, 3.63) is 0 Å². The summed E-state index contributed by atoms with van der Waals surface area (Å²) in [6, 6.07) is 0.417. The molecule has 18 heavy (non-hydrogen) atoms. The topological polar surface area (TPSA) is 41.6 Å². The number of piperidine rings is 1. The van der Waals surface area contributed by atoms with Gasteiger partial charge in [-0.15, -0.1) is 0 Å². The van der Waals surface area contributed by atoms with Crippen molar-refractivity contribution in [1.82, 2.24) is 10.2 Å². The Morgan fingerprint density at radius 3 is 2.94 bits per heavy atom. The van der Waals surface area contributed by atoms with E-state index in [4.69, 9.17) is 4.74 Å². The Kier molecular flexibility index (Phi) is 3.57. The molecule has 2 bridgehead atoms. The van der Waals surface area contributed by atoms with E-state index in [1.54, 1.807) is 0 Å². The molecule has 3 heterocycles. The third-order valence-electron chi connectivity index (χ3n) is 4.59. The third kappa shape index (κ3) is 2.16. The molecule has 3 fully saturated rings. The van der Waals surface area contributed by atoms with E-state index in [1.165, 1.54) is 6.42 Å². The second-order valence-electron chi connectivity index (χ2n) is 5.86. The maximum Gasteiger partial charge on any atom is 0.240 e. The highest BCUT2D eigenvalue weighted by Crippen LogP contribution is 2.38. The van der Waals surface area contributed by atoms with Crippen molar-refractivity contribution in [2.45, 2.75) is 69.7 Å². The van der Waals surface area contributed by atoms with Crippen LogP contribution in [0.2, 0.25) is 0 Å². The van der Waals surface area contributed by atoms with Crippen LogP contribution in [0.1, 0.15) is 45.4 Å². The zero-order chi connectivity index (χ0) is 12.5. The standard InChI is InChI=1S/C14H24N2O2/c1-2-7-15-11-4-3-8-16(14(11)17)12-9-10-5-6-13(12)18-10/h10-13,15H,2-9H2,1H3. The Bertz CT molecular complexity index is 321. The second-order valence-corrected chi connectivity index (χ2v) is 5.86. The smallest absolute Gasteiger partial charge is 0.240 e. The summed E-state index contributed by atoms with van der Waals surface area (Å²) in [6.07, 6.45) is 7.36. The Hall–Kier alpha value is -0.610. The first-order valence-electron chi connectivity index (χ1n) is 7.49. The summed E-state index contributed by atoms with van der Waals surface area (Å²) >= 11 is 0. The van der Waals surface area contributed by atoms with Gasteiger partial charge in [0.05, 0.1) is 24.3 Å². The highest BCUT2D eigenvalue weighted by Gasteiger charge is 2.46. The zero-order valence-electron chi connectivity index (χ0n) is 11.2. The quantitative estimate of drug-likeness (QED) is 0.820. The highest BCUT2D eigenvalue weighted by molar-refractivity contribution is 5.83. The van der Waals surface area contributed by atoms with Crippen LogP contribution in [0.25, 0.3) is 0 Å². The van der Waals surface area contributed by atoms with Crippen molar-refractivity contribution in [2.24, 2.45) is 0 Å². The molecule has 0 spiro atoms. The van der Waals surface area contributed by atoms with E-state index >= 15 is 0 Å². The van der Waals surface area contributed by atoms with Gasteiger partial charge in [0, 0.05) is 6.54 Å². The summed E-state index contributed by atoms with van der Waals surface area (Å²) < 4.78 is 5.89. The van der Waals surface area contributed by atoms with Gasteiger partial charge in [0.2, 0.25) is 5.91 Å². The second kappa shape index (κ2) is 5.17. The lowest BCUT2D eigenvalue weighted by Gasteiger charge is -2.39. The summed E-state index contributed by atoms with van der Waals surface area (Å²) in [5.74, 6) is 0.316. The van der Waals surface area contributed by atoms with E-state index in [1.807, 2.05) is 0 Å². The van der Waals surface area contributed by atoms with Crippen LogP contribution in [0.4, 0.5) is 0 Å². The fourth-order valence-electron chi connectivity index (χ4n) is 3.68. The number of amides is 1. The van der Waals surface area contributed by atoms with Gasteiger partial charge in [-0.05, 0) is 45.1 Å². The van der Waals surface area contributed by atoms with Crippen LogP contribution in [0.5, 0.6) is 0 Å². The van der Waals surface area contributed by atoms with Crippen LogP contribution in [-0.2, 0) is 9.53 Å². The van der Waals surface area contributed by atoms with Crippen LogP contribution < -0.4 is 5.32 Å². The van der Waals surface area contributed by atoms with E-state index in [-0.39, 0.29) is 6.04 Å². The van der Waals surface area contributed by atoms with Crippen molar-refractivity contribution >= 4 is 5.91 Å². The number of fused-ring (bicyclic) bond motifs is 2. The van der Waals surface area contributed by atoms with E-state index < -0.39 is 0 Å². The first kappa shape index (κ1) is 12.4. The Morgan fingerprint density at radius 2 is 2.28 bits per heavy atom. The number of carbonyl (C=O) groups excluding carboxylic acids is 1. The molecule has 0 aromatic rings. The molecule has 0 aliphatic carbocycles. The molecule has 0 aromatic carbocycles. The van der Waals surface area contributed by atoms with Gasteiger partial charge in [-0.3, -0.25) is 4.79 Å². The molecule has 1 amide bonds. The number of nitrogens with one attached hydrogen (secondary N) is 1. The number of hydrogen-bond donors (Lipinski definition) is 1. The van der Waals surface area contributed by atoms with Gasteiger partial charge in [0.15, 0.2) is 0 Å². The summed E-state index contributed by atoms with van der Waals surface area (Å²) in [5, 5.41) is 3.39. The van der Waals surface area contributed by atoms with E-state index in [0.29, 0.717) is 24.2 Å². The Labute approximate surface area is 109 Å². The number of nitrogens with zero attached hydrogens (tertiary/aromatic N) is 1. The molecular weight excluding hydrogens is 228 g/mol. The lowest BCUT2D eigenvalue weighted by Crippen LogP contribution is -2.56. The predicted octanol–water partition coefficient (Wildman–Crippen LogP) is 1.30. The van der Waals surface area contributed by atoms with E-state index in [0.717, 1.165) is 45.2 Å². The molecule has 102 valence electrons. The predicted molar refractivity (Wildman–Crippen MR) is 69.3 cm³/mol. The lowest BCUT2D eigenvalue weighted by atomic mass is 9.91. The van der Waals surface area contributed by atoms with Gasteiger partial charge in [-0.2, -0.15) is 0 Å². The molecule has 4 atom stereocenters. The number of hydrogen-bond acceptors (Lipinski definition) is 3. The first-order chi connectivity index (χ1) is 8.79. The molecule has 0 aromatic heterocycles. The molecule has 3 rings (SSSR count). The highest BCUT2D eigenvalue weighted by atomic mass is 16.5. The van der Waals surface area contributed by atoms with Crippen LogP contribution >= 0.6 is 0 Å². The van der Waals surface area contributed by atoms with Crippen LogP contribution in [0.3, 0.4) is 0 Å². The SMILES string of the molecule is CCCNC1CCCN(C2CC3CCC2O3)C1=O. The maximum absolute atomic E-state index is 12.5. The summed E-state index contributed by atoms with van der Waals surface area (Å²) in [6.45, 7) is 4.01.